The molecule has 0 spiro atoms. The third-order valence-corrected chi connectivity index (χ3v) is 4.71. The van der Waals surface area contributed by atoms with E-state index < -0.39 is 0 Å². The number of carbonyl (C=O) groups is 1. The molecule has 1 fully saturated rings. The number of aromatic nitrogens is 2. The third kappa shape index (κ3) is 3.94. The van der Waals surface area contributed by atoms with Gasteiger partial charge in [-0.05, 0) is 42.5 Å². The molecular weight excluding hydrogens is 332 g/mol. The summed E-state index contributed by atoms with van der Waals surface area (Å²) in [6, 6.07) is 5.20. The Bertz CT molecular complexity index is 758. The van der Waals surface area contributed by atoms with Gasteiger partial charge < -0.3 is 20.1 Å². The topological polar surface area (TPSA) is 87.6 Å². The summed E-state index contributed by atoms with van der Waals surface area (Å²) < 4.78 is 5.24. The summed E-state index contributed by atoms with van der Waals surface area (Å²) in [5.41, 5.74) is 1.36. The molecule has 0 unspecified atom stereocenters. The van der Waals surface area contributed by atoms with Crippen LogP contribution in [0.5, 0.6) is 5.75 Å². The van der Waals surface area contributed by atoms with E-state index in [9.17, 15) is 9.90 Å². The van der Waals surface area contributed by atoms with E-state index in [4.69, 9.17) is 4.74 Å². The molecule has 7 heteroatoms. The zero-order chi connectivity index (χ0) is 18.7. The number of carbonyl (C=O) groups excluding carboxylic acids is 1. The number of hydrogen-bond donors (Lipinski definition) is 2. The molecule has 1 aliphatic rings. The normalized spacial score (nSPS) is 20.0. The highest BCUT2D eigenvalue weighted by Crippen LogP contribution is 2.38. The van der Waals surface area contributed by atoms with Gasteiger partial charge in [0.15, 0.2) is 0 Å². The van der Waals surface area contributed by atoms with Crippen LogP contribution in [0.15, 0.2) is 36.8 Å². The zero-order valence-corrected chi connectivity index (χ0v) is 15.2. The van der Waals surface area contributed by atoms with E-state index in [1.165, 1.54) is 0 Å². The maximum absolute atomic E-state index is 12.7. The predicted molar refractivity (Wildman–Crippen MR) is 98.3 cm³/mol. The number of ether oxygens (including phenoxy) is 1. The number of anilines is 1. The lowest BCUT2D eigenvalue weighted by atomic mass is 9.75. The van der Waals surface area contributed by atoms with Gasteiger partial charge in [0.1, 0.15) is 11.6 Å². The quantitative estimate of drug-likeness (QED) is 0.821. The minimum absolute atomic E-state index is 0.164. The highest BCUT2D eigenvalue weighted by atomic mass is 16.5. The molecule has 1 aliphatic carbocycles. The lowest BCUT2D eigenvalue weighted by Gasteiger charge is -2.38. The molecule has 0 bridgehead atoms. The van der Waals surface area contributed by atoms with Crippen molar-refractivity contribution in [2.75, 3.05) is 26.1 Å². The van der Waals surface area contributed by atoms with Crippen molar-refractivity contribution >= 4 is 11.7 Å². The van der Waals surface area contributed by atoms with Crippen LogP contribution in [0.4, 0.5) is 5.82 Å². The molecule has 1 amide bonds. The number of aliphatic hydroxyl groups is 1. The summed E-state index contributed by atoms with van der Waals surface area (Å²) in [7, 11) is 5.38. The molecule has 2 aromatic rings. The van der Waals surface area contributed by atoms with Gasteiger partial charge in [-0.1, -0.05) is 0 Å². The second-order valence-corrected chi connectivity index (χ2v) is 6.79. The molecular formula is C19H24N4O3. The van der Waals surface area contributed by atoms with Gasteiger partial charge in [0.2, 0.25) is 0 Å². The number of hydrogen-bond acceptors (Lipinski definition) is 6. The van der Waals surface area contributed by atoms with Crippen LogP contribution in [0.2, 0.25) is 0 Å². The third-order valence-electron chi connectivity index (χ3n) is 4.71. The first-order valence-electron chi connectivity index (χ1n) is 8.59. The molecule has 1 atom stereocenters. The van der Waals surface area contributed by atoms with E-state index in [0.29, 0.717) is 24.2 Å². The number of methoxy groups -OCH3 is 1. The monoisotopic (exact) mass is 356 g/mol. The number of pyridine rings is 2. The summed E-state index contributed by atoms with van der Waals surface area (Å²) in [6.07, 6.45) is 5.92. The second kappa shape index (κ2) is 7.70. The summed E-state index contributed by atoms with van der Waals surface area (Å²) >= 11 is 0. The van der Waals surface area contributed by atoms with Crippen molar-refractivity contribution in [3.8, 4) is 5.75 Å². The zero-order valence-electron chi connectivity index (χ0n) is 15.2. The van der Waals surface area contributed by atoms with Crippen LogP contribution < -0.4 is 15.0 Å². The maximum atomic E-state index is 12.7. The molecule has 26 heavy (non-hydrogen) atoms. The van der Waals surface area contributed by atoms with Crippen molar-refractivity contribution in [2.45, 2.75) is 25.0 Å². The fourth-order valence-electron chi connectivity index (χ4n) is 3.10. The molecule has 3 rings (SSSR count). The number of rotatable bonds is 6. The summed E-state index contributed by atoms with van der Waals surface area (Å²) in [6.45, 7) is 0. The smallest absolute Gasteiger partial charge is 0.253 e. The Morgan fingerprint density at radius 1 is 1.31 bits per heavy atom. The number of aliphatic hydroxyl groups excluding tert-OH is 1. The van der Waals surface area contributed by atoms with Gasteiger partial charge in [0, 0.05) is 26.5 Å². The molecule has 2 aromatic heterocycles. The maximum Gasteiger partial charge on any atom is 0.253 e. The van der Waals surface area contributed by atoms with E-state index in [2.05, 4.69) is 15.3 Å². The van der Waals surface area contributed by atoms with Gasteiger partial charge in [-0.2, -0.15) is 0 Å². The van der Waals surface area contributed by atoms with Crippen molar-refractivity contribution in [3.63, 3.8) is 0 Å². The number of amides is 1. The fourth-order valence-corrected chi connectivity index (χ4v) is 3.10. The van der Waals surface area contributed by atoms with E-state index >= 15 is 0 Å². The Morgan fingerprint density at radius 2 is 2.08 bits per heavy atom. The van der Waals surface area contributed by atoms with Crippen molar-refractivity contribution in [3.05, 3.63) is 47.9 Å². The minimum Gasteiger partial charge on any atom is -0.495 e. The van der Waals surface area contributed by atoms with Crippen LogP contribution in [-0.2, 0) is 0 Å². The van der Waals surface area contributed by atoms with Gasteiger partial charge in [0.25, 0.3) is 5.91 Å². The number of nitrogens with zero attached hydrogens (tertiary/aromatic N) is 3. The molecule has 0 aromatic carbocycles. The summed E-state index contributed by atoms with van der Waals surface area (Å²) in [4.78, 5) is 23.1. The first kappa shape index (κ1) is 18.1. The Morgan fingerprint density at radius 3 is 2.65 bits per heavy atom. The molecule has 0 radical (unpaired) electrons. The Balaban J connectivity index is 1.79. The van der Waals surface area contributed by atoms with E-state index in [0.717, 1.165) is 11.4 Å². The van der Waals surface area contributed by atoms with E-state index in [-0.39, 0.29) is 24.0 Å². The predicted octanol–water partition coefficient (Wildman–Crippen LogP) is 1.79. The average molecular weight is 356 g/mol. The van der Waals surface area contributed by atoms with Gasteiger partial charge in [-0.15, -0.1) is 0 Å². The van der Waals surface area contributed by atoms with Gasteiger partial charge in [-0.25, -0.2) is 4.98 Å². The largest absolute Gasteiger partial charge is 0.495 e. The first-order valence-corrected chi connectivity index (χ1v) is 8.59. The highest BCUT2D eigenvalue weighted by Gasteiger charge is 2.36. The van der Waals surface area contributed by atoms with Gasteiger partial charge in [-0.3, -0.25) is 9.78 Å². The Labute approximate surface area is 153 Å². The lowest BCUT2D eigenvalue weighted by Crippen LogP contribution is -2.41. The van der Waals surface area contributed by atoms with Crippen LogP contribution in [0.3, 0.4) is 0 Å². The highest BCUT2D eigenvalue weighted by molar-refractivity contribution is 5.94. The molecule has 0 saturated heterocycles. The standard InChI is InChI=1S/C19H24N4O3/c1-23(2)17-5-4-12(10-21-17)19(25)22-18(13-6-15(24)7-13)14-8-16(26-3)11-20-9-14/h4-5,8-11,13,15,18,24H,6-7H2,1-3H3,(H,22,25)/t13?,15?,18-/m0/s1. The van der Waals surface area contributed by atoms with Crippen molar-refractivity contribution in [1.29, 1.82) is 0 Å². The summed E-state index contributed by atoms with van der Waals surface area (Å²) in [5.74, 6) is 1.39. The fraction of sp³-hybridized carbons (Fsp3) is 0.421. The molecule has 138 valence electrons. The van der Waals surface area contributed by atoms with Crippen LogP contribution in [0.1, 0.15) is 34.8 Å². The van der Waals surface area contributed by atoms with Crippen LogP contribution in [0.25, 0.3) is 0 Å². The van der Waals surface area contributed by atoms with E-state index in [1.807, 2.05) is 31.1 Å². The second-order valence-electron chi connectivity index (χ2n) is 6.79. The van der Waals surface area contributed by atoms with Crippen molar-refractivity contribution in [2.24, 2.45) is 5.92 Å². The Kier molecular flexibility index (Phi) is 5.37. The Hall–Kier alpha value is -2.67. The van der Waals surface area contributed by atoms with Crippen molar-refractivity contribution < 1.29 is 14.6 Å². The average Bonchev–Trinajstić information content (AvgIpc) is 2.63. The molecule has 0 aliphatic heterocycles. The van der Waals surface area contributed by atoms with E-state index in [1.54, 1.807) is 31.8 Å². The lowest BCUT2D eigenvalue weighted by molar-refractivity contribution is 0.0234. The summed E-state index contributed by atoms with van der Waals surface area (Å²) in [5, 5.41) is 12.8. The van der Waals surface area contributed by atoms with Crippen LogP contribution in [-0.4, -0.2) is 48.3 Å². The molecule has 2 N–H and O–H groups in total. The van der Waals surface area contributed by atoms with Crippen LogP contribution in [0, 0.1) is 5.92 Å². The minimum atomic E-state index is -0.306. The number of nitrogens with one attached hydrogen (secondary N) is 1. The molecule has 1 saturated carbocycles. The SMILES string of the molecule is COc1cncc([C@@H](NC(=O)c2ccc(N(C)C)nc2)C2CC(O)C2)c1. The van der Waals surface area contributed by atoms with Crippen molar-refractivity contribution in [1.82, 2.24) is 15.3 Å². The van der Waals surface area contributed by atoms with Gasteiger partial charge in [0.05, 0.1) is 31.0 Å². The molecule has 2 heterocycles. The van der Waals surface area contributed by atoms with Gasteiger partial charge >= 0.3 is 0 Å². The first-order chi connectivity index (χ1) is 12.5. The van der Waals surface area contributed by atoms with Crippen LogP contribution >= 0.6 is 0 Å². The molecule has 7 nitrogen and oxygen atoms in total.